The van der Waals surface area contributed by atoms with E-state index < -0.39 is 41.9 Å². The van der Waals surface area contributed by atoms with Crippen LogP contribution in [0.1, 0.15) is 30.4 Å². The van der Waals surface area contributed by atoms with E-state index in [0.717, 1.165) is 17.3 Å². The molecule has 0 bridgehead atoms. The maximum absolute atomic E-state index is 12.7. The first-order valence-corrected chi connectivity index (χ1v) is 10.2. The molecule has 1 aliphatic heterocycles. The third-order valence-electron chi connectivity index (χ3n) is 4.44. The van der Waals surface area contributed by atoms with Crippen molar-refractivity contribution in [1.82, 2.24) is 5.32 Å². The Kier molecular flexibility index (Phi) is 8.18. The summed E-state index contributed by atoms with van der Waals surface area (Å²) in [5.41, 5.74) is 1.75. The smallest absolute Gasteiger partial charge is 0.319 e. The highest BCUT2D eigenvalue weighted by atomic mass is 32.2. The summed E-state index contributed by atoms with van der Waals surface area (Å²) in [6.07, 6.45) is -0.393. The second-order valence-corrected chi connectivity index (χ2v) is 7.53. The molecule has 0 spiro atoms. The zero-order valence-electron chi connectivity index (χ0n) is 16.9. The molecule has 9 heteroatoms. The number of rotatable bonds is 8. The van der Waals surface area contributed by atoms with Gasteiger partial charge in [0.15, 0.2) is 5.78 Å². The minimum Gasteiger partial charge on any atom is -0.468 e. The zero-order valence-corrected chi connectivity index (χ0v) is 17.7. The average Bonchev–Trinajstić information content (AvgIpc) is 2.71. The number of nitrogens with zero attached hydrogens (tertiary/aromatic N) is 1. The number of ether oxygens (including phenoxy) is 2. The van der Waals surface area contributed by atoms with Crippen LogP contribution in [0, 0.1) is 24.2 Å². The molecule has 0 fully saturated rings. The molecule has 158 valence electrons. The van der Waals surface area contributed by atoms with Crippen LogP contribution in [0.3, 0.4) is 0 Å². The van der Waals surface area contributed by atoms with Crippen LogP contribution in [0.15, 0.2) is 34.9 Å². The lowest BCUT2D eigenvalue weighted by Crippen LogP contribution is -2.44. The van der Waals surface area contributed by atoms with E-state index in [1.54, 1.807) is 19.1 Å². The second-order valence-electron chi connectivity index (χ2n) is 6.54. The Balaban J connectivity index is 2.36. The molecular formula is C21H22N2O6S. The Morgan fingerprint density at radius 2 is 1.90 bits per heavy atom. The van der Waals surface area contributed by atoms with E-state index in [4.69, 9.17) is 9.47 Å². The molecule has 1 aliphatic rings. The SMILES string of the molecule is CCOC(=O)CC(=O)CSC1=C(C#N)[C@H](c2ccc(C)cc2)[C@H](C(=O)OC)C(=O)N1. The summed E-state index contributed by atoms with van der Waals surface area (Å²) in [4.78, 5) is 48.5. The van der Waals surface area contributed by atoms with Gasteiger partial charge in [0, 0.05) is 5.92 Å². The van der Waals surface area contributed by atoms with Crippen LogP contribution in [0.4, 0.5) is 0 Å². The fourth-order valence-electron chi connectivity index (χ4n) is 3.03. The molecule has 2 atom stereocenters. The molecule has 1 N–H and O–H groups in total. The number of carbonyl (C=O) groups is 4. The van der Waals surface area contributed by atoms with Crippen LogP contribution in [0.2, 0.25) is 0 Å². The van der Waals surface area contributed by atoms with Crippen LogP contribution in [-0.4, -0.2) is 43.1 Å². The van der Waals surface area contributed by atoms with Gasteiger partial charge in [0.25, 0.3) is 0 Å². The van der Waals surface area contributed by atoms with Gasteiger partial charge in [-0.2, -0.15) is 5.26 Å². The number of thioether (sulfide) groups is 1. The van der Waals surface area contributed by atoms with Gasteiger partial charge < -0.3 is 14.8 Å². The molecule has 1 aromatic rings. The third kappa shape index (κ3) is 5.48. The number of allylic oxidation sites excluding steroid dienone is 1. The molecule has 0 saturated heterocycles. The topological polar surface area (TPSA) is 123 Å². The van der Waals surface area contributed by atoms with E-state index in [1.165, 1.54) is 7.11 Å². The van der Waals surface area contributed by atoms with Crippen LogP contribution in [-0.2, 0) is 28.7 Å². The Morgan fingerprint density at radius 3 is 2.47 bits per heavy atom. The molecule has 1 aromatic carbocycles. The number of methoxy groups -OCH3 is 1. The van der Waals surface area contributed by atoms with Gasteiger partial charge in [0.2, 0.25) is 5.91 Å². The van der Waals surface area contributed by atoms with Gasteiger partial charge in [-0.25, -0.2) is 0 Å². The van der Waals surface area contributed by atoms with Gasteiger partial charge in [-0.1, -0.05) is 41.6 Å². The van der Waals surface area contributed by atoms with Crippen molar-refractivity contribution in [2.75, 3.05) is 19.5 Å². The van der Waals surface area contributed by atoms with E-state index in [-0.39, 0.29) is 23.0 Å². The van der Waals surface area contributed by atoms with E-state index >= 15 is 0 Å². The molecule has 0 aliphatic carbocycles. The van der Waals surface area contributed by atoms with Gasteiger partial charge in [0.1, 0.15) is 12.3 Å². The Morgan fingerprint density at radius 1 is 1.23 bits per heavy atom. The van der Waals surface area contributed by atoms with Crippen molar-refractivity contribution in [3.8, 4) is 6.07 Å². The summed E-state index contributed by atoms with van der Waals surface area (Å²) < 4.78 is 9.53. The Bertz CT molecular complexity index is 916. The Hall–Kier alpha value is -3.12. The van der Waals surface area contributed by atoms with Crippen molar-refractivity contribution < 1.29 is 28.7 Å². The van der Waals surface area contributed by atoms with Crippen molar-refractivity contribution in [1.29, 1.82) is 5.26 Å². The molecule has 0 unspecified atom stereocenters. The van der Waals surface area contributed by atoms with E-state index in [9.17, 15) is 24.4 Å². The predicted molar refractivity (Wildman–Crippen MR) is 109 cm³/mol. The number of aryl methyl sites for hydroxylation is 1. The quantitative estimate of drug-likeness (QED) is 0.491. The minimum absolute atomic E-state index is 0.136. The lowest BCUT2D eigenvalue weighted by atomic mass is 9.78. The molecule has 0 saturated carbocycles. The van der Waals surface area contributed by atoms with Crippen molar-refractivity contribution in [2.45, 2.75) is 26.2 Å². The van der Waals surface area contributed by atoms with Gasteiger partial charge in [-0.05, 0) is 19.4 Å². The van der Waals surface area contributed by atoms with Crippen LogP contribution < -0.4 is 5.32 Å². The monoisotopic (exact) mass is 430 g/mol. The number of esters is 2. The number of nitriles is 1. The van der Waals surface area contributed by atoms with Crippen LogP contribution in [0.5, 0.6) is 0 Å². The summed E-state index contributed by atoms with van der Waals surface area (Å²) >= 11 is 0.941. The Labute approximate surface area is 178 Å². The van der Waals surface area contributed by atoms with Gasteiger partial charge in [0.05, 0.1) is 36.1 Å². The maximum Gasteiger partial charge on any atom is 0.319 e. The van der Waals surface area contributed by atoms with E-state index in [2.05, 4.69) is 11.4 Å². The number of Topliss-reactive ketones (excluding diaryl/α,β-unsaturated/α-hetero) is 1. The van der Waals surface area contributed by atoms with E-state index in [1.807, 2.05) is 19.1 Å². The minimum atomic E-state index is -1.23. The lowest BCUT2D eigenvalue weighted by molar-refractivity contribution is -0.151. The van der Waals surface area contributed by atoms with Crippen LogP contribution >= 0.6 is 11.8 Å². The van der Waals surface area contributed by atoms with Crippen molar-refractivity contribution in [3.05, 3.63) is 46.0 Å². The number of hydrogen-bond donors (Lipinski definition) is 1. The molecule has 0 radical (unpaired) electrons. The summed E-state index contributed by atoms with van der Waals surface area (Å²) in [6, 6.07) is 9.21. The fraction of sp³-hybridized carbons (Fsp3) is 0.381. The van der Waals surface area contributed by atoms with Crippen molar-refractivity contribution >= 4 is 35.4 Å². The standard InChI is InChI=1S/C21H22N2O6S/c1-4-29-16(25)9-14(24)11-30-20-15(10-22)17(13-7-5-12(2)6-8-13)18(19(26)23-20)21(27)28-3/h5-8,17-18H,4,9,11H2,1-3H3,(H,23,26)/t17-,18-/m0/s1. The van der Waals surface area contributed by atoms with Gasteiger partial charge >= 0.3 is 11.9 Å². The zero-order chi connectivity index (χ0) is 22.3. The maximum atomic E-state index is 12.7. The highest BCUT2D eigenvalue weighted by Gasteiger charge is 2.44. The van der Waals surface area contributed by atoms with Crippen molar-refractivity contribution in [2.24, 2.45) is 5.92 Å². The van der Waals surface area contributed by atoms with Gasteiger partial charge in [-0.15, -0.1) is 0 Å². The largest absolute Gasteiger partial charge is 0.468 e. The lowest BCUT2D eigenvalue weighted by Gasteiger charge is -2.31. The molecule has 8 nitrogen and oxygen atoms in total. The third-order valence-corrected chi connectivity index (χ3v) is 5.52. The summed E-state index contributed by atoms with van der Waals surface area (Å²) in [6.45, 7) is 3.71. The highest BCUT2D eigenvalue weighted by molar-refractivity contribution is 8.03. The number of benzene rings is 1. The number of carbonyl (C=O) groups excluding carboxylic acids is 4. The summed E-state index contributed by atoms with van der Waals surface area (Å²) in [5.74, 6) is -4.62. The van der Waals surface area contributed by atoms with Crippen LogP contribution in [0.25, 0.3) is 0 Å². The predicted octanol–water partition coefficient (Wildman–Crippen LogP) is 1.99. The highest BCUT2D eigenvalue weighted by Crippen LogP contribution is 2.40. The number of hydrogen-bond acceptors (Lipinski definition) is 8. The average molecular weight is 430 g/mol. The number of ketones is 1. The molecule has 1 heterocycles. The van der Waals surface area contributed by atoms with Gasteiger partial charge in [-0.3, -0.25) is 19.2 Å². The summed E-state index contributed by atoms with van der Waals surface area (Å²) in [5, 5.41) is 12.5. The molecule has 2 rings (SSSR count). The van der Waals surface area contributed by atoms with Crippen molar-refractivity contribution in [3.63, 3.8) is 0 Å². The number of nitrogens with one attached hydrogen (secondary N) is 1. The molecule has 30 heavy (non-hydrogen) atoms. The summed E-state index contributed by atoms with van der Waals surface area (Å²) in [7, 11) is 1.18. The molecular weight excluding hydrogens is 408 g/mol. The van der Waals surface area contributed by atoms with E-state index in [0.29, 0.717) is 5.56 Å². The first-order valence-electron chi connectivity index (χ1n) is 9.22. The first kappa shape index (κ1) is 23.2. The fourth-order valence-corrected chi connectivity index (χ4v) is 3.94. The first-order chi connectivity index (χ1) is 14.3. The molecule has 0 aromatic heterocycles. The number of amides is 1. The normalized spacial score (nSPS) is 18.3. The molecule has 1 amide bonds. The second kappa shape index (κ2) is 10.6.